The van der Waals surface area contributed by atoms with Gasteiger partial charge in [-0.2, -0.15) is 0 Å². The summed E-state index contributed by atoms with van der Waals surface area (Å²) >= 11 is 0. The molecule has 1 aliphatic carbocycles. The van der Waals surface area contributed by atoms with Crippen LogP contribution in [0.2, 0.25) is 0 Å². The molecule has 1 N–H and O–H groups in total. The second-order valence-corrected chi connectivity index (χ2v) is 8.06. The summed E-state index contributed by atoms with van der Waals surface area (Å²) in [5, 5.41) is 2.81. The summed E-state index contributed by atoms with van der Waals surface area (Å²) in [5.74, 6) is -2.23. The van der Waals surface area contributed by atoms with E-state index in [0.29, 0.717) is 12.8 Å². The Hall–Kier alpha value is -3.48. The van der Waals surface area contributed by atoms with Gasteiger partial charge in [0.25, 0.3) is 0 Å². The molecule has 2 fully saturated rings. The first-order chi connectivity index (χ1) is 15.0. The van der Waals surface area contributed by atoms with Crippen molar-refractivity contribution in [3.05, 3.63) is 60.2 Å². The standard InChI is InChI=1S/C24H25N3O4/c1-16(17-11-13-19(14-12-17)18-7-3-2-4-8-18)25-21(28)15-26-22(29)23(30)27(24(26)31)20-9-5-6-10-20/h2-4,7-8,11-14,16,20H,5-6,9-10,15H2,1H3,(H,25,28). The minimum atomic E-state index is -0.924. The number of hydrogen-bond donors (Lipinski definition) is 1. The first kappa shape index (κ1) is 20.8. The van der Waals surface area contributed by atoms with Crippen LogP contribution < -0.4 is 5.32 Å². The number of urea groups is 1. The summed E-state index contributed by atoms with van der Waals surface area (Å²) in [4.78, 5) is 51.5. The van der Waals surface area contributed by atoms with Crippen molar-refractivity contribution >= 4 is 23.8 Å². The number of benzene rings is 2. The number of carbonyl (C=O) groups is 4. The molecule has 2 aromatic rings. The normalized spacial score (nSPS) is 18.0. The molecule has 1 atom stereocenters. The number of hydrogen-bond acceptors (Lipinski definition) is 4. The van der Waals surface area contributed by atoms with Gasteiger partial charge in [0.2, 0.25) is 5.91 Å². The minimum absolute atomic E-state index is 0.237. The highest BCUT2D eigenvalue weighted by molar-refractivity contribution is 6.45. The molecule has 2 aromatic carbocycles. The summed E-state index contributed by atoms with van der Waals surface area (Å²) in [6, 6.07) is 16.6. The van der Waals surface area contributed by atoms with Gasteiger partial charge in [0.15, 0.2) is 0 Å². The molecular weight excluding hydrogens is 394 g/mol. The van der Waals surface area contributed by atoms with Crippen LogP contribution in [-0.2, 0) is 14.4 Å². The van der Waals surface area contributed by atoms with E-state index in [1.165, 1.54) is 0 Å². The van der Waals surface area contributed by atoms with Crippen LogP contribution >= 0.6 is 0 Å². The SMILES string of the molecule is CC(NC(=O)CN1C(=O)C(=O)N(C2CCCC2)C1=O)c1ccc(-c2ccccc2)cc1. The highest BCUT2D eigenvalue weighted by Gasteiger charge is 2.48. The molecule has 1 aliphatic heterocycles. The maximum atomic E-state index is 12.6. The second kappa shape index (κ2) is 8.71. The van der Waals surface area contributed by atoms with E-state index in [-0.39, 0.29) is 12.1 Å². The second-order valence-electron chi connectivity index (χ2n) is 8.06. The largest absolute Gasteiger partial charge is 0.348 e. The van der Waals surface area contributed by atoms with Gasteiger partial charge in [-0.1, -0.05) is 67.4 Å². The summed E-state index contributed by atoms with van der Waals surface area (Å²) in [6.07, 6.45) is 3.27. The van der Waals surface area contributed by atoms with E-state index in [1.807, 2.05) is 61.5 Å². The van der Waals surface area contributed by atoms with Crippen LogP contribution in [0.5, 0.6) is 0 Å². The lowest BCUT2D eigenvalue weighted by Crippen LogP contribution is -2.43. The van der Waals surface area contributed by atoms with Crippen molar-refractivity contribution in [2.75, 3.05) is 6.54 Å². The monoisotopic (exact) mass is 419 g/mol. The molecule has 1 saturated carbocycles. The fourth-order valence-corrected chi connectivity index (χ4v) is 4.26. The van der Waals surface area contributed by atoms with Crippen LogP contribution in [0.4, 0.5) is 4.79 Å². The van der Waals surface area contributed by atoms with Gasteiger partial charge in [0.05, 0.1) is 6.04 Å². The van der Waals surface area contributed by atoms with Crippen LogP contribution in [0.3, 0.4) is 0 Å². The van der Waals surface area contributed by atoms with Gasteiger partial charge in [-0.3, -0.25) is 19.3 Å². The summed E-state index contributed by atoms with van der Waals surface area (Å²) in [7, 11) is 0. The van der Waals surface area contributed by atoms with Crippen molar-refractivity contribution in [2.24, 2.45) is 0 Å². The van der Waals surface area contributed by atoms with E-state index in [0.717, 1.165) is 39.3 Å². The number of rotatable bonds is 6. The minimum Gasteiger partial charge on any atom is -0.348 e. The molecule has 5 amide bonds. The third kappa shape index (κ3) is 4.21. The van der Waals surface area contributed by atoms with Crippen molar-refractivity contribution in [1.82, 2.24) is 15.1 Å². The maximum absolute atomic E-state index is 12.6. The molecule has 0 bridgehead atoms. The molecule has 7 nitrogen and oxygen atoms in total. The third-order valence-electron chi connectivity index (χ3n) is 5.97. The summed E-state index contributed by atoms with van der Waals surface area (Å²) < 4.78 is 0. The molecule has 4 rings (SSSR count). The van der Waals surface area contributed by atoms with Crippen LogP contribution in [0.25, 0.3) is 11.1 Å². The van der Waals surface area contributed by atoms with Crippen molar-refractivity contribution in [1.29, 1.82) is 0 Å². The van der Waals surface area contributed by atoms with E-state index >= 15 is 0 Å². The lowest BCUT2D eigenvalue weighted by atomic mass is 10.0. The molecule has 2 aliphatic rings. The Balaban J connectivity index is 1.37. The Bertz CT molecular complexity index is 997. The molecule has 7 heteroatoms. The molecule has 1 unspecified atom stereocenters. The van der Waals surface area contributed by atoms with Gasteiger partial charge in [-0.15, -0.1) is 0 Å². The van der Waals surface area contributed by atoms with E-state index in [4.69, 9.17) is 0 Å². The number of amides is 5. The van der Waals surface area contributed by atoms with Gasteiger partial charge in [0.1, 0.15) is 6.54 Å². The highest BCUT2D eigenvalue weighted by atomic mass is 16.2. The van der Waals surface area contributed by atoms with Gasteiger partial charge in [0, 0.05) is 6.04 Å². The maximum Gasteiger partial charge on any atom is 0.334 e. The van der Waals surface area contributed by atoms with Gasteiger partial charge < -0.3 is 5.32 Å². The Morgan fingerprint density at radius 3 is 2.19 bits per heavy atom. The van der Waals surface area contributed by atoms with Crippen LogP contribution in [0.1, 0.15) is 44.2 Å². The fourth-order valence-electron chi connectivity index (χ4n) is 4.26. The molecule has 31 heavy (non-hydrogen) atoms. The quantitative estimate of drug-likeness (QED) is 0.575. The van der Waals surface area contributed by atoms with E-state index in [2.05, 4.69) is 5.32 Å². The summed E-state index contributed by atoms with van der Waals surface area (Å²) in [5.41, 5.74) is 3.07. The third-order valence-corrected chi connectivity index (χ3v) is 5.97. The van der Waals surface area contributed by atoms with Crippen molar-refractivity contribution < 1.29 is 19.2 Å². The first-order valence-corrected chi connectivity index (χ1v) is 10.6. The zero-order valence-electron chi connectivity index (χ0n) is 17.4. The van der Waals surface area contributed by atoms with Crippen molar-refractivity contribution in [3.8, 4) is 11.1 Å². The van der Waals surface area contributed by atoms with Gasteiger partial charge in [-0.05, 0) is 36.5 Å². The average Bonchev–Trinajstić information content (AvgIpc) is 3.38. The van der Waals surface area contributed by atoms with Gasteiger partial charge >= 0.3 is 17.8 Å². The van der Waals surface area contributed by atoms with E-state index in [1.54, 1.807) is 0 Å². The highest BCUT2D eigenvalue weighted by Crippen LogP contribution is 2.28. The summed E-state index contributed by atoms with van der Waals surface area (Å²) in [6.45, 7) is 1.37. The first-order valence-electron chi connectivity index (χ1n) is 10.6. The number of carbonyl (C=O) groups excluding carboxylic acids is 4. The van der Waals surface area contributed by atoms with Crippen LogP contribution in [-0.4, -0.2) is 46.1 Å². The zero-order chi connectivity index (χ0) is 22.0. The van der Waals surface area contributed by atoms with Crippen LogP contribution in [0.15, 0.2) is 54.6 Å². The van der Waals surface area contributed by atoms with Crippen LogP contribution in [0, 0.1) is 0 Å². The number of imide groups is 2. The van der Waals surface area contributed by atoms with E-state index < -0.39 is 30.3 Å². The molecule has 1 saturated heterocycles. The molecule has 0 spiro atoms. The predicted molar refractivity (Wildman–Crippen MR) is 115 cm³/mol. The zero-order valence-corrected chi connectivity index (χ0v) is 17.4. The molecule has 160 valence electrons. The molecule has 1 heterocycles. The Morgan fingerprint density at radius 1 is 0.935 bits per heavy atom. The number of nitrogens with one attached hydrogen (secondary N) is 1. The molecule has 0 radical (unpaired) electrons. The smallest absolute Gasteiger partial charge is 0.334 e. The van der Waals surface area contributed by atoms with Crippen molar-refractivity contribution in [3.63, 3.8) is 0 Å². The molecular formula is C24H25N3O4. The lowest BCUT2D eigenvalue weighted by molar-refractivity contribution is -0.144. The van der Waals surface area contributed by atoms with Crippen molar-refractivity contribution in [2.45, 2.75) is 44.7 Å². The predicted octanol–water partition coefficient (Wildman–Crippen LogP) is 3.26. The topological polar surface area (TPSA) is 86.8 Å². The van der Waals surface area contributed by atoms with Gasteiger partial charge in [-0.25, -0.2) is 9.69 Å². The number of nitrogens with zero attached hydrogens (tertiary/aromatic N) is 2. The Kier molecular flexibility index (Phi) is 5.84. The Morgan fingerprint density at radius 2 is 1.55 bits per heavy atom. The lowest BCUT2D eigenvalue weighted by Gasteiger charge is -2.21. The fraction of sp³-hybridized carbons (Fsp3) is 0.333. The average molecular weight is 419 g/mol. The van der Waals surface area contributed by atoms with E-state index in [9.17, 15) is 19.2 Å². The Labute approximate surface area is 181 Å². The molecule has 0 aromatic heterocycles.